The SMILES string of the molecule is CCC(C)[C@H](NC(=O)Nc1cc(Cl)c(Cl)cc1Cl)C(=O)O. The molecule has 0 aliphatic carbocycles. The first-order chi connectivity index (χ1) is 9.76. The third-order valence-electron chi connectivity index (χ3n) is 3.02. The van der Waals surface area contributed by atoms with Crippen LogP contribution in [0.5, 0.6) is 0 Å². The maximum absolute atomic E-state index is 11.9. The number of carboxylic acids is 1. The molecule has 8 heteroatoms. The molecule has 0 heterocycles. The number of rotatable bonds is 5. The fourth-order valence-corrected chi connectivity index (χ4v) is 2.20. The highest BCUT2D eigenvalue weighted by atomic mass is 35.5. The van der Waals surface area contributed by atoms with Gasteiger partial charge in [-0.15, -0.1) is 0 Å². The largest absolute Gasteiger partial charge is 0.480 e. The Morgan fingerprint density at radius 1 is 1.19 bits per heavy atom. The van der Waals surface area contributed by atoms with Gasteiger partial charge in [-0.25, -0.2) is 9.59 Å². The summed E-state index contributed by atoms with van der Waals surface area (Å²) >= 11 is 17.6. The predicted octanol–water partition coefficient (Wildman–Crippen LogP) is 4.27. The molecule has 0 aliphatic rings. The molecule has 1 aromatic rings. The van der Waals surface area contributed by atoms with Gasteiger partial charge in [0, 0.05) is 0 Å². The monoisotopic (exact) mass is 352 g/mol. The Kier molecular flexibility index (Phi) is 6.58. The molecule has 3 N–H and O–H groups in total. The molecule has 2 atom stereocenters. The van der Waals surface area contributed by atoms with E-state index in [-0.39, 0.29) is 26.7 Å². The minimum atomic E-state index is -1.10. The van der Waals surface area contributed by atoms with Crippen molar-refractivity contribution in [3.8, 4) is 0 Å². The fourth-order valence-electron chi connectivity index (χ4n) is 1.60. The van der Waals surface area contributed by atoms with E-state index in [1.807, 2.05) is 6.92 Å². The van der Waals surface area contributed by atoms with E-state index in [4.69, 9.17) is 39.9 Å². The lowest BCUT2D eigenvalue weighted by molar-refractivity contribution is -0.140. The number of hydrogen-bond donors (Lipinski definition) is 3. The Labute approximate surface area is 137 Å². The van der Waals surface area contributed by atoms with Gasteiger partial charge < -0.3 is 15.7 Å². The van der Waals surface area contributed by atoms with Crippen molar-refractivity contribution in [2.24, 2.45) is 5.92 Å². The number of carboxylic acid groups (broad SMARTS) is 1. The van der Waals surface area contributed by atoms with Gasteiger partial charge in [-0.05, 0) is 18.1 Å². The Balaban J connectivity index is 2.81. The molecule has 1 rings (SSSR count). The third-order valence-corrected chi connectivity index (χ3v) is 4.06. The number of urea groups is 1. The van der Waals surface area contributed by atoms with Crippen LogP contribution < -0.4 is 10.6 Å². The van der Waals surface area contributed by atoms with Crippen molar-refractivity contribution in [1.29, 1.82) is 0 Å². The molecular formula is C13H15Cl3N2O3. The minimum Gasteiger partial charge on any atom is -0.480 e. The van der Waals surface area contributed by atoms with Gasteiger partial charge in [-0.1, -0.05) is 55.1 Å². The van der Waals surface area contributed by atoms with Crippen molar-refractivity contribution < 1.29 is 14.7 Å². The van der Waals surface area contributed by atoms with Crippen LogP contribution in [0.2, 0.25) is 15.1 Å². The molecule has 21 heavy (non-hydrogen) atoms. The molecule has 0 saturated carbocycles. The number of anilines is 1. The number of hydrogen-bond acceptors (Lipinski definition) is 2. The lowest BCUT2D eigenvalue weighted by Crippen LogP contribution is -2.46. The average Bonchev–Trinajstić information content (AvgIpc) is 2.41. The van der Waals surface area contributed by atoms with Gasteiger partial charge >= 0.3 is 12.0 Å². The van der Waals surface area contributed by atoms with Crippen LogP contribution in [0.25, 0.3) is 0 Å². The van der Waals surface area contributed by atoms with E-state index in [1.54, 1.807) is 6.92 Å². The van der Waals surface area contributed by atoms with E-state index in [9.17, 15) is 9.59 Å². The van der Waals surface area contributed by atoms with Crippen LogP contribution in [0.4, 0.5) is 10.5 Å². The molecule has 0 aliphatic heterocycles. The lowest BCUT2D eigenvalue weighted by Gasteiger charge is -2.20. The molecule has 116 valence electrons. The standard InChI is InChI=1S/C13H15Cl3N2O3/c1-3-6(2)11(12(19)20)18-13(21)17-10-5-8(15)7(14)4-9(10)16/h4-6,11H,3H2,1-2H3,(H,19,20)(H2,17,18,21)/t6?,11-/m0/s1. The Morgan fingerprint density at radius 3 is 2.29 bits per heavy atom. The van der Waals surface area contributed by atoms with Gasteiger partial charge in [0.15, 0.2) is 0 Å². The summed E-state index contributed by atoms with van der Waals surface area (Å²) in [5.74, 6) is -1.31. The van der Waals surface area contributed by atoms with Gasteiger partial charge in [0.05, 0.1) is 20.8 Å². The maximum Gasteiger partial charge on any atom is 0.326 e. The van der Waals surface area contributed by atoms with Crippen LogP contribution in [0.1, 0.15) is 20.3 Å². The van der Waals surface area contributed by atoms with Crippen LogP contribution in [0, 0.1) is 5.92 Å². The summed E-state index contributed by atoms with van der Waals surface area (Å²) in [5.41, 5.74) is 0.247. The second-order valence-electron chi connectivity index (χ2n) is 4.55. The topological polar surface area (TPSA) is 78.4 Å². The first kappa shape index (κ1) is 17.9. The zero-order valence-electron chi connectivity index (χ0n) is 11.4. The van der Waals surface area contributed by atoms with Crippen LogP contribution in [-0.2, 0) is 4.79 Å². The van der Waals surface area contributed by atoms with Crippen LogP contribution >= 0.6 is 34.8 Å². The van der Waals surface area contributed by atoms with Crippen LogP contribution in [-0.4, -0.2) is 23.1 Å². The average molecular weight is 354 g/mol. The van der Waals surface area contributed by atoms with E-state index in [1.165, 1.54) is 12.1 Å². The Morgan fingerprint density at radius 2 is 1.76 bits per heavy atom. The highest BCUT2D eigenvalue weighted by Gasteiger charge is 2.25. The van der Waals surface area contributed by atoms with Crippen molar-refractivity contribution in [3.05, 3.63) is 27.2 Å². The van der Waals surface area contributed by atoms with Crippen molar-refractivity contribution in [1.82, 2.24) is 5.32 Å². The Bertz CT molecular complexity index is 552. The second-order valence-corrected chi connectivity index (χ2v) is 5.77. The van der Waals surface area contributed by atoms with Crippen molar-refractivity contribution in [2.75, 3.05) is 5.32 Å². The van der Waals surface area contributed by atoms with E-state index < -0.39 is 18.0 Å². The van der Waals surface area contributed by atoms with Gasteiger partial charge in [-0.3, -0.25) is 0 Å². The number of amides is 2. The highest BCUT2D eigenvalue weighted by Crippen LogP contribution is 2.32. The molecule has 2 amide bonds. The molecule has 0 spiro atoms. The number of carbonyl (C=O) groups excluding carboxylic acids is 1. The van der Waals surface area contributed by atoms with Crippen molar-refractivity contribution in [3.63, 3.8) is 0 Å². The van der Waals surface area contributed by atoms with E-state index >= 15 is 0 Å². The quantitative estimate of drug-likeness (QED) is 0.692. The first-order valence-corrected chi connectivity index (χ1v) is 7.34. The first-order valence-electron chi connectivity index (χ1n) is 6.21. The zero-order chi connectivity index (χ0) is 16.2. The molecular weight excluding hydrogens is 339 g/mol. The lowest BCUT2D eigenvalue weighted by atomic mass is 9.99. The maximum atomic E-state index is 11.9. The Hall–Kier alpha value is -1.17. The molecule has 1 unspecified atom stereocenters. The summed E-state index contributed by atoms with van der Waals surface area (Å²) in [5, 5.41) is 14.7. The second kappa shape index (κ2) is 7.73. The molecule has 0 bridgehead atoms. The van der Waals surface area contributed by atoms with Crippen molar-refractivity contribution >= 4 is 52.5 Å². The molecule has 0 fully saturated rings. The fraction of sp³-hybridized carbons (Fsp3) is 0.385. The number of aliphatic carboxylic acids is 1. The summed E-state index contributed by atoms with van der Waals surface area (Å²) < 4.78 is 0. The third kappa shape index (κ3) is 4.95. The van der Waals surface area contributed by atoms with Gasteiger partial charge in [0.2, 0.25) is 0 Å². The van der Waals surface area contributed by atoms with Crippen molar-refractivity contribution in [2.45, 2.75) is 26.3 Å². The molecule has 5 nitrogen and oxygen atoms in total. The molecule has 0 saturated heterocycles. The summed E-state index contributed by atoms with van der Waals surface area (Å²) in [6, 6.07) is 1.12. The number of halogens is 3. The normalized spacial score (nSPS) is 13.4. The van der Waals surface area contributed by atoms with Gasteiger partial charge in [0.1, 0.15) is 6.04 Å². The zero-order valence-corrected chi connectivity index (χ0v) is 13.7. The van der Waals surface area contributed by atoms with Crippen LogP contribution in [0.3, 0.4) is 0 Å². The molecule has 0 radical (unpaired) electrons. The number of benzene rings is 1. The summed E-state index contributed by atoms with van der Waals surface area (Å²) in [6.07, 6.45) is 0.616. The highest BCUT2D eigenvalue weighted by molar-refractivity contribution is 6.44. The minimum absolute atomic E-state index is 0.204. The smallest absolute Gasteiger partial charge is 0.326 e. The van der Waals surface area contributed by atoms with E-state index in [0.717, 1.165) is 0 Å². The van der Waals surface area contributed by atoms with Crippen LogP contribution in [0.15, 0.2) is 12.1 Å². The molecule has 0 aromatic heterocycles. The van der Waals surface area contributed by atoms with E-state index in [2.05, 4.69) is 10.6 Å². The van der Waals surface area contributed by atoms with Gasteiger partial charge in [0.25, 0.3) is 0 Å². The van der Waals surface area contributed by atoms with E-state index in [0.29, 0.717) is 6.42 Å². The number of nitrogens with one attached hydrogen (secondary N) is 2. The summed E-state index contributed by atoms with van der Waals surface area (Å²) in [6.45, 7) is 3.58. The predicted molar refractivity (Wildman–Crippen MR) is 84.5 cm³/mol. The summed E-state index contributed by atoms with van der Waals surface area (Å²) in [4.78, 5) is 23.0. The molecule has 1 aromatic carbocycles. The van der Waals surface area contributed by atoms with Gasteiger partial charge in [-0.2, -0.15) is 0 Å². The number of carbonyl (C=O) groups is 2. The summed E-state index contributed by atoms with van der Waals surface area (Å²) in [7, 11) is 0.